The van der Waals surface area contributed by atoms with Gasteiger partial charge in [0.15, 0.2) is 6.61 Å². The predicted octanol–water partition coefficient (Wildman–Crippen LogP) is 3.89. The molecule has 0 spiro atoms. The fourth-order valence-corrected chi connectivity index (χ4v) is 2.49. The summed E-state index contributed by atoms with van der Waals surface area (Å²) in [6.07, 6.45) is 2.26. The van der Waals surface area contributed by atoms with Crippen molar-refractivity contribution in [3.63, 3.8) is 0 Å². The Morgan fingerprint density at radius 3 is 2.89 bits per heavy atom. The molecule has 1 amide bonds. The van der Waals surface area contributed by atoms with Crippen LogP contribution < -0.4 is 10.1 Å². The van der Waals surface area contributed by atoms with Gasteiger partial charge in [0.25, 0.3) is 5.91 Å². The molecule has 1 atom stereocenters. The monoisotopic (exact) mass is 311 g/mol. The lowest BCUT2D eigenvalue weighted by molar-refractivity contribution is -0.118. The second-order valence-electron chi connectivity index (χ2n) is 5.03. The molecule has 0 fully saturated rings. The summed E-state index contributed by atoms with van der Waals surface area (Å²) in [7, 11) is 0. The summed E-state index contributed by atoms with van der Waals surface area (Å²) in [4.78, 5) is 11.6. The maximum absolute atomic E-state index is 11.3. The minimum absolute atomic E-state index is 0.0899. The van der Waals surface area contributed by atoms with Gasteiger partial charge in [-0.25, -0.2) is 0 Å². The van der Waals surface area contributed by atoms with E-state index in [1.54, 1.807) is 0 Å². The van der Waals surface area contributed by atoms with Crippen molar-refractivity contribution in [1.82, 2.24) is 0 Å². The molecule has 1 N–H and O–H groups in total. The molecule has 98 valence electrons. The molecular formula is C14H18BrNO2. The van der Waals surface area contributed by atoms with Crippen LogP contribution in [0.25, 0.3) is 0 Å². The highest BCUT2D eigenvalue weighted by Gasteiger charge is 2.17. The second kappa shape index (κ2) is 5.74. The molecule has 0 saturated heterocycles. The Balaban J connectivity index is 2.10. The van der Waals surface area contributed by atoms with Crippen LogP contribution >= 0.6 is 15.9 Å². The maximum Gasteiger partial charge on any atom is 0.262 e. The molecule has 1 aromatic carbocycles. The van der Waals surface area contributed by atoms with E-state index in [1.165, 1.54) is 12.0 Å². The first-order valence-corrected chi connectivity index (χ1v) is 7.18. The van der Waals surface area contributed by atoms with Crippen LogP contribution in [0.5, 0.6) is 5.75 Å². The van der Waals surface area contributed by atoms with Crippen LogP contribution in [0.4, 0.5) is 5.69 Å². The molecule has 1 unspecified atom stereocenters. The summed E-state index contributed by atoms with van der Waals surface area (Å²) in [5.74, 6) is 1.36. The van der Waals surface area contributed by atoms with E-state index < -0.39 is 0 Å². The van der Waals surface area contributed by atoms with Crippen molar-refractivity contribution in [1.29, 1.82) is 0 Å². The average Bonchev–Trinajstić information content (AvgIpc) is 2.34. The Bertz CT molecular complexity index is 445. The molecule has 0 aromatic heterocycles. The zero-order valence-electron chi connectivity index (χ0n) is 10.7. The molecule has 0 saturated carbocycles. The molecule has 3 nitrogen and oxygen atoms in total. The summed E-state index contributed by atoms with van der Waals surface area (Å²) >= 11 is 3.70. The van der Waals surface area contributed by atoms with Crippen LogP contribution in [0.3, 0.4) is 0 Å². The highest BCUT2D eigenvalue weighted by molar-refractivity contribution is 9.09. The molecule has 4 heteroatoms. The number of hydrogen-bond acceptors (Lipinski definition) is 2. The van der Waals surface area contributed by atoms with Gasteiger partial charge in [-0.1, -0.05) is 35.8 Å². The van der Waals surface area contributed by atoms with E-state index in [0.717, 1.165) is 17.9 Å². The fraction of sp³-hybridized carbons (Fsp3) is 0.500. The van der Waals surface area contributed by atoms with Crippen LogP contribution in [-0.2, 0) is 4.79 Å². The molecule has 0 radical (unpaired) electrons. The molecule has 1 aromatic rings. The number of anilines is 1. The number of fused-ring (bicyclic) bond motifs is 1. The van der Waals surface area contributed by atoms with Gasteiger partial charge in [-0.2, -0.15) is 0 Å². The van der Waals surface area contributed by atoms with Crippen molar-refractivity contribution in [2.45, 2.75) is 31.5 Å². The van der Waals surface area contributed by atoms with E-state index in [9.17, 15) is 4.79 Å². The molecule has 2 rings (SSSR count). The third-order valence-electron chi connectivity index (χ3n) is 3.00. The second-order valence-corrected chi connectivity index (χ2v) is 6.14. The van der Waals surface area contributed by atoms with Gasteiger partial charge < -0.3 is 10.1 Å². The number of hydrogen-bond donors (Lipinski definition) is 1. The molecule has 0 bridgehead atoms. The molecule has 1 aliphatic heterocycles. The minimum atomic E-state index is -0.0899. The lowest BCUT2D eigenvalue weighted by Crippen LogP contribution is -2.25. The number of alkyl halides is 1. The Kier molecular flexibility index (Phi) is 4.27. The normalized spacial score (nSPS) is 15.9. The number of nitrogens with one attached hydrogen (secondary N) is 1. The number of rotatable bonds is 4. The predicted molar refractivity (Wildman–Crippen MR) is 76.3 cm³/mol. The topological polar surface area (TPSA) is 38.3 Å². The zero-order valence-corrected chi connectivity index (χ0v) is 12.3. The zero-order chi connectivity index (χ0) is 13.1. The van der Waals surface area contributed by atoms with Gasteiger partial charge in [-0.3, -0.25) is 4.79 Å². The first-order valence-electron chi connectivity index (χ1n) is 6.27. The van der Waals surface area contributed by atoms with Gasteiger partial charge in [-0.15, -0.1) is 0 Å². The number of benzene rings is 1. The molecule has 18 heavy (non-hydrogen) atoms. The molecule has 1 aliphatic rings. The lowest BCUT2D eigenvalue weighted by atomic mass is 10.0. The molecule has 1 heterocycles. The number of halogens is 1. The standard InChI is InChI=1S/C14H18BrNO2/c1-9(2)3-5-11(15)10-4-6-13-12(7-10)16-14(17)8-18-13/h4,6-7,9,11H,3,5,8H2,1-2H3,(H,16,17). The summed E-state index contributed by atoms with van der Waals surface area (Å²) in [5, 5.41) is 2.84. The van der Waals surface area contributed by atoms with Crippen molar-refractivity contribution >= 4 is 27.5 Å². The van der Waals surface area contributed by atoms with Crippen molar-refractivity contribution < 1.29 is 9.53 Å². The Morgan fingerprint density at radius 2 is 2.17 bits per heavy atom. The molecular weight excluding hydrogens is 294 g/mol. The van der Waals surface area contributed by atoms with Crippen LogP contribution in [0.15, 0.2) is 18.2 Å². The lowest BCUT2D eigenvalue weighted by Gasteiger charge is -2.20. The van der Waals surface area contributed by atoms with E-state index in [1.807, 2.05) is 12.1 Å². The molecule has 0 aliphatic carbocycles. The Hall–Kier alpha value is -1.03. The van der Waals surface area contributed by atoms with E-state index in [4.69, 9.17) is 4.74 Å². The van der Waals surface area contributed by atoms with E-state index in [-0.39, 0.29) is 12.5 Å². The third-order valence-corrected chi connectivity index (χ3v) is 3.98. The number of carbonyl (C=O) groups excluding carboxylic acids is 1. The van der Waals surface area contributed by atoms with Crippen LogP contribution in [0.2, 0.25) is 0 Å². The Morgan fingerprint density at radius 1 is 1.39 bits per heavy atom. The van der Waals surface area contributed by atoms with E-state index in [0.29, 0.717) is 10.7 Å². The fourth-order valence-electron chi connectivity index (χ4n) is 1.94. The smallest absolute Gasteiger partial charge is 0.262 e. The quantitative estimate of drug-likeness (QED) is 0.857. The van der Waals surface area contributed by atoms with Gasteiger partial charge in [0.05, 0.1) is 5.69 Å². The van der Waals surface area contributed by atoms with Crippen LogP contribution in [0, 0.1) is 5.92 Å². The highest BCUT2D eigenvalue weighted by atomic mass is 79.9. The maximum atomic E-state index is 11.3. The largest absolute Gasteiger partial charge is 0.482 e. The third kappa shape index (κ3) is 3.25. The summed E-state index contributed by atoms with van der Waals surface area (Å²) in [6, 6.07) is 5.97. The van der Waals surface area contributed by atoms with E-state index in [2.05, 4.69) is 41.2 Å². The van der Waals surface area contributed by atoms with Gasteiger partial charge in [0.2, 0.25) is 0 Å². The minimum Gasteiger partial charge on any atom is -0.482 e. The van der Waals surface area contributed by atoms with Crippen molar-refractivity contribution in [2.75, 3.05) is 11.9 Å². The summed E-state index contributed by atoms with van der Waals surface area (Å²) in [5.41, 5.74) is 1.96. The van der Waals surface area contributed by atoms with Gasteiger partial charge >= 0.3 is 0 Å². The van der Waals surface area contributed by atoms with E-state index >= 15 is 0 Å². The van der Waals surface area contributed by atoms with Crippen molar-refractivity contribution in [3.8, 4) is 5.75 Å². The summed E-state index contributed by atoms with van der Waals surface area (Å²) < 4.78 is 5.34. The summed E-state index contributed by atoms with van der Waals surface area (Å²) in [6.45, 7) is 4.55. The first-order chi connectivity index (χ1) is 8.56. The average molecular weight is 312 g/mol. The van der Waals surface area contributed by atoms with Crippen molar-refractivity contribution in [2.24, 2.45) is 5.92 Å². The van der Waals surface area contributed by atoms with Gasteiger partial charge in [0, 0.05) is 4.83 Å². The SMILES string of the molecule is CC(C)CCC(Br)c1ccc2c(c1)NC(=O)CO2. The Labute approximate surface area is 116 Å². The van der Waals surface area contributed by atoms with Crippen LogP contribution in [0.1, 0.15) is 37.1 Å². The van der Waals surface area contributed by atoms with Crippen LogP contribution in [-0.4, -0.2) is 12.5 Å². The number of ether oxygens (including phenoxy) is 1. The van der Waals surface area contributed by atoms with Crippen molar-refractivity contribution in [3.05, 3.63) is 23.8 Å². The van der Waals surface area contributed by atoms with Gasteiger partial charge in [0.1, 0.15) is 5.75 Å². The number of amides is 1. The highest BCUT2D eigenvalue weighted by Crippen LogP contribution is 2.35. The van der Waals surface area contributed by atoms with Gasteiger partial charge in [-0.05, 0) is 36.5 Å². The number of carbonyl (C=O) groups is 1. The first kappa shape index (κ1) is 13.4.